The van der Waals surface area contributed by atoms with Crippen molar-refractivity contribution in [1.29, 1.82) is 0 Å². The fourth-order valence-corrected chi connectivity index (χ4v) is 6.01. The van der Waals surface area contributed by atoms with Crippen LogP contribution in [-0.4, -0.2) is 63.7 Å². The molecular formula is C26H24N4O2S. The Kier molecular flexibility index (Phi) is 5.08. The molecule has 7 heteroatoms. The molecule has 0 radical (unpaired) electrons. The third-order valence-corrected chi connectivity index (χ3v) is 7.69. The minimum atomic E-state index is -0.414. The lowest BCUT2D eigenvalue weighted by Gasteiger charge is -2.46. The van der Waals surface area contributed by atoms with Crippen molar-refractivity contribution in [2.45, 2.75) is 19.1 Å². The Hall–Kier alpha value is -3.29. The van der Waals surface area contributed by atoms with E-state index in [1.807, 2.05) is 36.5 Å². The maximum Gasteiger partial charge on any atom is 0.247 e. The van der Waals surface area contributed by atoms with Crippen LogP contribution in [0.4, 0.5) is 0 Å². The zero-order valence-corrected chi connectivity index (χ0v) is 19.0. The van der Waals surface area contributed by atoms with Gasteiger partial charge in [-0.2, -0.15) is 0 Å². The number of rotatable bonds is 4. The molecule has 0 N–H and O–H groups in total. The molecule has 1 unspecified atom stereocenters. The number of piperazine rings is 2. The van der Waals surface area contributed by atoms with Crippen molar-refractivity contribution in [3.63, 3.8) is 0 Å². The van der Waals surface area contributed by atoms with Crippen molar-refractivity contribution in [3.8, 4) is 0 Å². The predicted octanol–water partition coefficient (Wildman–Crippen LogP) is 3.50. The highest BCUT2D eigenvalue weighted by molar-refractivity contribution is 7.19. The molecule has 2 aromatic heterocycles. The number of fused-ring (bicyclic) bond motifs is 3. The molecule has 0 aliphatic carbocycles. The fraction of sp³-hybridized carbons (Fsp3) is 0.269. The second-order valence-corrected chi connectivity index (χ2v) is 9.99. The Morgan fingerprint density at radius 2 is 1.76 bits per heavy atom. The monoisotopic (exact) mass is 456 g/mol. The molecule has 6 rings (SSSR count). The van der Waals surface area contributed by atoms with Gasteiger partial charge in [-0.25, -0.2) is 0 Å². The van der Waals surface area contributed by atoms with Crippen LogP contribution in [-0.2, 0) is 22.7 Å². The summed E-state index contributed by atoms with van der Waals surface area (Å²) in [6.07, 6.45) is 1.91. The van der Waals surface area contributed by atoms with E-state index in [0.29, 0.717) is 19.6 Å². The van der Waals surface area contributed by atoms with Gasteiger partial charge in [0.25, 0.3) is 0 Å². The van der Waals surface area contributed by atoms with Crippen LogP contribution in [0.3, 0.4) is 0 Å². The second kappa shape index (κ2) is 8.24. The molecule has 4 aromatic rings. The first-order valence-electron chi connectivity index (χ1n) is 11.3. The first-order chi connectivity index (χ1) is 16.1. The van der Waals surface area contributed by atoms with Crippen LogP contribution in [0, 0.1) is 0 Å². The van der Waals surface area contributed by atoms with Gasteiger partial charge < -0.3 is 9.80 Å². The van der Waals surface area contributed by atoms with E-state index < -0.39 is 6.04 Å². The number of pyridine rings is 1. The Balaban J connectivity index is 1.18. The largest absolute Gasteiger partial charge is 0.327 e. The van der Waals surface area contributed by atoms with Gasteiger partial charge in [-0.3, -0.25) is 19.5 Å². The maximum atomic E-state index is 13.4. The summed E-state index contributed by atoms with van der Waals surface area (Å²) in [4.78, 5) is 37.7. The average Bonchev–Trinajstić information content (AvgIpc) is 3.25. The van der Waals surface area contributed by atoms with Gasteiger partial charge >= 0.3 is 0 Å². The molecular weight excluding hydrogens is 432 g/mol. The van der Waals surface area contributed by atoms with E-state index in [0.717, 1.165) is 34.4 Å². The average molecular weight is 457 g/mol. The number of aromatic nitrogens is 1. The van der Waals surface area contributed by atoms with E-state index in [-0.39, 0.29) is 18.4 Å². The summed E-state index contributed by atoms with van der Waals surface area (Å²) >= 11 is 1.69. The van der Waals surface area contributed by atoms with Crippen molar-refractivity contribution >= 4 is 44.1 Å². The van der Waals surface area contributed by atoms with E-state index >= 15 is 0 Å². The number of carbonyl (C=O) groups excluding carboxylic acids is 2. The Labute approximate surface area is 196 Å². The fourth-order valence-electron chi connectivity index (χ4n) is 4.93. The van der Waals surface area contributed by atoms with Gasteiger partial charge in [-0.1, -0.05) is 36.4 Å². The quantitative estimate of drug-likeness (QED) is 0.472. The predicted molar refractivity (Wildman–Crippen MR) is 130 cm³/mol. The molecule has 166 valence electrons. The lowest BCUT2D eigenvalue weighted by molar-refractivity contribution is -0.160. The molecule has 2 aliphatic rings. The molecule has 4 heterocycles. The summed E-state index contributed by atoms with van der Waals surface area (Å²) in [5.41, 5.74) is 2.11. The third-order valence-electron chi connectivity index (χ3n) is 6.58. The maximum absolute atomic E-state index is 13.4. The topological polar surface area (TPSA) is 56.8 Å². The standard InChI is InChI=1S/C26H24N4O2S/c31-25-17-29(15-21-12-20-6-2-4-8-24(20)33-21)26(32)23-16-28(9-10-30(23)25)14-18-11-19-5-1-3-7-22(19)27-13-18/h1-8,11-13,23H,9-10,14-17H2. The summed E-state index contributed by atoms with van der Waals surface area (Å²) in [6.45, 7) is 3.28. The van der Waals surface area contributed by atoms with Gasteiger partial charge in [-0.15, -0.1) is 11.3 Å². The van der Waals surface area contributed by atoms with Gasteiger partial charge in [0.05, 0.1) is 12.1 Å². The summed E-state index contributed by atoms with van der Waals surface area (Å²) in [5, 5.41) is 2.30. The van der Waals surface area contributed by atoms with Gasteiger partial charge in [0.2, 0.25) is 11.8 Å². The number of carbonyl (C=O) groups is 2. The van der Waals surface area contributed by atoms with Gasteiger partial charge in [0.15, 0.2) is 0 Å². The van der Waals surface area contributed by atoms with Crippen LogP contribution in [0.25, 0.3) is 21.0 Å². The summed E-state index contributed by atoms with van der Waals surface area (Å²) in [7, 11) is 0. The molecule has 6 nitrogen and oxygen atoms in total. The highest BCUT2D eigenvalue weighted by atomic mass is 32.1. The number of benzene rings is 2. The molecule has 1 atom stereocenters. The van der Waals surface area contributed by atoms with Crippen LogP contribution in [0.1, 0.15) is 10.4 Å². The lowest BCUT2D eigenvalue weighted by Crippen LogP contribution is -2.66. The summed E-state index contributed by atoms with van der Waals surface area (Å²) < 4.78 is 1.21. The highest BCUT2D eigenvalue weighted by Crippen LogP contribution is 2.28. The van der Waals surface area contributed by atoms with E-state index in [4.69, 9.17) is 0 Å². The Morgan fingerprint density at radius 3 is 2.64 bits per heavy atom. The van der Waals surface area contributed by atoms with Crippen LogP contribution < -0.4 is 0 Å². The summed E-state index contributed by atoms with van der Waals surface area (Å²) in [5.74, 6) is 0.0983. The van der Waals surface area contributed by atoms with Crippen LogP contribution in [0.15, 0.2) is 66.9 Å². The van der Waals surface area contributed by atoms with E-state index in [1.165, 1.54) is 10.1 Å². The molecule has 0 spiro atoms. The molecule has 0 saturated carbocycles. The zero-order valence-electron chi connectivity index (χ0n) is 18.2. The lowest BCUT2D eigenvalue weighted by atomic mass is 10.1. The molecule has 33 heavy (non-hydrogen) atoms. The molecule has 2 saturated heterocycles. The minimum absolute atomic E-state index is 0.0488. The zero-order chi connectivity index (χ0) is 22.4. The molecule has 2 fully saturated rings. The van der Waals surface area contributed by atoms with Crippen molar-refractivity contribution in [2.24, 2.45) is 0 Å². The molecule has 0 bridgehead atoms. The number of amides is 2. The van der Waals surface area contributed by atoms with Gasteiger partial charge in [0, 0.05) is 47.3 Å². The highest BCUT2D eigenvalue weighted by Gasteiger charge is 2.42. The van der Waals surface area contributed by atoms with Crippen molar-refractivity contribution in [1.82, 2.24) is 19.7 Å². The normalized spacial score (nSPS) is 19.5. The van der Waals surface area contributed by atoms with Crippen LogP contribution in [0.2, 0.25) is 0 Å². The van der Waals surface area contributed by atoms with E-state index in [2.05, 4.69) is 40.2 Å². The van der Waals surface area contributed by atoms with Gasteiger partial charge in [-0.05, 0) is 35.2 Å². The van der Waals surface area contributed by atoms with E-state index in [9.17, 15) is 9.59 Å². The number of para-hydroxylation sites is 1. The SMILES string of the molecule is O=C1C2CN(Cc3cnc4ccccc4c3)CCN2C(=O)CN1Cc1cc2ccccc2s1. The number of thiophene rings is 1. The second-order valence-electron chi connectivity index (χ2n) is 8.82. The first kappa shape index (κ1) is 20.3. The first-order valence-corrected chi connectivity index (χ1v) is 12.1. The summed E-state index contributed by atoms with van der Waals surface area (Å²) in [6, 6.07) is 20.2. The third kappa shape index (κ3) is 3.87. The molecule has 2 aromatic carbocycles. The smallest absolute Gasteiger partial charge is 0.247 e. The molecule has 2 amide bonds. The van der Waals surface area contributed by atoms with Crippen molar-refractivity contribution in [2.75, 3.05) is 26.2 Å². The van der Waals surface area contributed by atoms with Gasteiger partial charge in [0.1, 0.15) is 12.6 Å². The van der Waals surface area contributed by atoms with E-state index in [1.54, 1.807) is 21.1 Å². The number of nitrogens with zero attached hydrogens (tertiary/aromatic N) is 4. The number of hydrogen-bond acceptors (Lipinski definition) is 5. The minimum Gasteiger partial charge on any atom is -0.327 e. The Morgan fingerprint density at radius 1 is 0.939 bits per heavy atom. The van der Waals surface area contributed by atoms with Crippen LogP contribution >= 0.6 is 11.3 Å². The van der Waals surface area contributed by atoms with Crippen LogP contribution in [0.5, 0.6) is 0 Å². The molecule has 2 aliphatic heterocycles. The Bertz CT molecular complexity index is 1330. The van der Waals surface area contributed by atoms with Crippen molar-refractivity contribution < 1.29 is 9.59 Å². The number of hydrogen-bond donors (Lipinski definition) is 0. The van der Waals surface area contributed by atoms with Crippen molar-refractivity contribution in [3.05, 3.63) is 77.3 Å².